The molecule has 0 N–H and O–H groups in total. The fourth-order valence-electron chi connectivity index (χ4n) is 2.72. The van der Waals surface area contributed by atoms with E-state index >= 15 is 0 Å². The normalized spacial score (nSPS) is 24.5. The highest BCUT2D eigenvalue weighted by Gasteiger charge is 2.49. The zero-order valence-electron chi connectivity index (χ0n) is 13.3. The molecule has 0 radical (unpaired) electrons. The van der Waals surface area contributed by atoms with Crippen LogP contribution in [0, 0.1) is 11.8 Å². The molecule has 1 aliphatic heterocycles. The number of hydrogen-bond donors (Lipinski definition) is 0. The van der Waals surface area contributed by atoms with Crippen LogP contribution in [-0.4, -0.2) is 33.9 Å². The van der Waals surface area contributed by atoms with E-state index in [1.165, 1.54) is 20.3 Å². The van der Waals surface area contributed by atoms with E-state index in [2.05, 4.69) is 9.18 Å². The fraction of sp³-hybridized carbons (Fsp3) is 0.500. The quantitative estimate of drug-likeness (QED) is 0.564. The van der Waals surface area contributed by atoms with Crippen molar-refractivity contribution in [1.29, 1.82) is 0 Å². The Hall–Kier alpha value is -1.97. The third kappa shape index (κ3) is 3.14. The smallest absolute Gasteiger partial charge is 0.496 e. The fourth-order valence-corrected chi connectivity index (χ4v) is 3.13. The SMILES string of the molecule is COC1=C(OC)C2C(C)=NC(OS(=O)(=O)C(F)(F)F)=CC2C=C1C. The highest BCUT2D eigenvalue weighted by Crippen LogP contribution is 2.40. The molecule has 24 heavy (non-hydrogen) atoms. The zero-order chi connectivity index (χ0) is 18.3. The Balaban J connectivity index is 2.41. The van der Waals surface area contributed by atoms with Crippen molar-refractivity contribution in [3.63, 3.8) is 0 Å². The van der Waals surface area contributed by atoms with Crippen molar-refractivity contribution in [2.45, 2.75) is 19.4 Å². The number of hydrogen-bond acceptors (Lipinski definition) is 6. The van der Waals surface area contributed by atoms with Crippen molar-refractivity contribution in [2.75, 3.05) is 14.2 Å². The Morgan fingerprint density at radius 1 is 1.12 bits per heavy atom. The van der Waals surface area contributed by atoms with E-state index in [4.69, 9.17) is 9.47 Å². The Labute approximate surface area is 137 Å². The number of rotatable bonds is 4. The molecule has 0 spiro atoms. The molecule has 0 bridgehead atoms. The van der Waals surface area contributed by atoms with Gasteiger partial charge in [-0.1, -0.05) is 6.08 Å². The van der Waals surface area contributed by atoms with Crippen LogP contribution in [0.4, 0.5) is 13.2 Å². The van der Waals surface area contributed by atoms with Crippen molar-refractivity contribution < 1.29 is 35.2 Å². The molecule has 1 heterocycles. The minimum absolute atomic E-state index is 0.352. The lowest BCUT2D eigenvalue weighted by molar-refractivity contribution is -0.0523. The van der Waals surface area contributed by atoms with Gasteiger partial charge in [-0.3, -0.25) is 0 Å². The van der Waals surface area contributed by atoms with E-state index < -0.39 is 33.3 Å². The summed E-state index contributed by atoms with van der Waals surface area (Å²) in [5, 5.41) is 0. The number of nitrogens with zero attached hydrogens (tertiary/aromatic N) is 1. The van der Waals surface area contributed by atoms with Gasteiger partial charge in [-0.05, 0) is 25.5 Å². The third-order valence-electron chi connectivity index (χ3n) is 3.67. The molecule has 6 nitrogen and oxygen atoms in total. The van der Waals surface area contributed by atoms with Gasteiger partial charge in [0, 0.05) is 11.6 Å². The van der Waals surface area contributed by atoms with Crippen molar-refractivity contribution in [3.05, 3.63) is 35.1 Å². The van der Waals surface area contributed by atoms with Gasteiger partial charge in [0.2, 0.25) is 5.88 Å². The summed E-state index contributed by atoms with van der Waals surface area (Å²) < 4.78 is 74.4. The molecule has 0 aromatic rings. The molecular weight excluding hydrogens is 351 g/mol. The maximum atomic E-state index is 12.4. The Bertz CT molecular complexity index is 762. The predicted molar refractivity (Wildman–Crippen MR) is 79.0 cm³/mol. The minimum Gasteiger partial charge on any atom is -0.496 e. The number of alkyl halides is 3. The van der Waals surface area contributed by atoms with Crippen LogP contribution < -0.4 is 0 Å². The standard InChI is InChI=1S/C14H16F3NO5S/c1-7-5-9-6-10(23-24(19,20)14(15,16)17)18-8(2)11(9)13(22-4)12(7)21-3/h5-6,9,11H,1-4H3. The predicted octanol–water partition coefficient (Wildman–Crippen LogP) is 2.87. The molecule has 0 amide bonds. The van der Waals surface area contributed by atoms with Crippen LogP contribution in [-0.2, 0) is 23.8 Å². The van der Waals surface area contributed by atoms with E-state index in [1.54, 1.807) is 19.9 Å². The van der Waals surface area contributed by atoms with E-state index in [1.807, 2.05) is 0 Å². The van der Waals surface area contributed by atoms with Crippen molar-refractivity contribution in [2.24, 2.45) is 16.8 Å². The van der Waals surface area contributed by atoms with Crippen LogP contribution in [0.2, 0.25) is 0 Å². The molecule has 0 saturated carbocycles. The number of ether oxygens (including phenoxy) is 2. The highest BCUT2D eigenvalue weighted by molar-refractivity contribution is 7.87. The summed E-state index contributed by atoms with van der Waals surface area (Å²) in [5.41, 5.74) is -4.46. The molecular formula is C14H16F3NO5S. The summed E-state index contributed by atoms with van der Waals surface area (Å²) in [5.74, 6) is -0.512. The molecule has 2 atom stereocenters. The molecule has 0 aromatic carbocycles. The first-order valence-electron chi connectivity index (χ1n) is 6.80. The molecule has 0 aromatic heterocycles. The van der Waals surface area contributed by atoms with E-state index in [9.17, 15) is 21.6 Å². The molecule has 2 rings (SSSR count). The second kappa shape index (κ2) is 6.15. The Morgan fingerprint density at radius 3 is 2.25 bits per heavy atom. The topological polar surface area (TPSA) is 74.2 Å². The average molecular weight is 367 g/mol. The molecule has 2 aliphatic rings. The minimum atomic E-state index is -5.77. The molecule has 0 fully saturated rings. The second-order valence-electron chi connectivity index (χ2n) is 5.25. The monoisotopic (exact) mass is 367 g/mol. The van der Waals surface area contributed by atoms with Crippen LogP contribution in [0.15, 0.2) is 40.1 Å². The van der Waals surface area contributed by atoms with Gasteiger partial charge in [0.15, 0.2) is 5.76 Å². The number of fused-ring (bicyclic) bond motifs is 1. The van der Waals surface area contributed by atoms with Gasteiger partial charge in [0.25, 0.3) is 0 Å². The molecule has 1 aliphatic carbocycles. The van der Waals surface area contributed by atoms with Crippen LogP contribution >= 0.6 is 0 Å². The number of allylic oxidation sites excluding steroid dienone is 4. The van der Waals surface area contributed by atoms with Gasteiger partial charge in [0.05, 0.1) is 20.1 Å². The average Bonchev–Trinajstić information content (AvgIpc) is 2.43. The summed E-state index contributed by atoms with van der Waals surface area (Å²) in [6.45, 7) is 3.30. The summed E-state index contributed by atoms with van der Waals surface area (Å²) in [7, 11) is -2.85. The molecule has 0 saturated heterocycles. The van der Waals surface area contributed by atoms with Crippen molar-refractivity contribution >= 4 is 15.8 Å². The van der Waals surface area contributed by atoms with Gasteiger partial charge in [-0.15, -0.1) is 0 Å². The van der Waals surface area contributed by atoms with E-state index in [-0.39, 0.29) is 0 Å². The number of halogens is 3. The summed E-state index contributed by atoms with van der Waals surface area (Å²) in [4.78, 5) is 3.83. The highest BCUT2D eigenvalue weighted by atomic mass is 32.2. The van der Waals surface area contributed by atoms with Crippen LogP contribution in [0.25, 0.3) is 0 Å². The van der Waals surface area contributed by atoms with E-state index in [0.717, 1.165) is 0 Å². The maximum Gasteiger partial charge on any atom is 0.534 e. The maximum absolute atomic E-state index is 12.4. The second-order valence-corrected chi connectivity index (χ2v) is 6.79. The zero-order valence-corrected chi connectivity index (χ0v) is 14.2. The third-order valence-corrected chi connectivity index (χ3v) is 4.62. The van der Waals surface area contributed by atoms with Gasteiger partial charge >= 0.3 is 15.6 Å². The molecule has 10 heteroatoms. The van der Waals surface area contributed by atoms with Gasteiger partial charge in [0.1, 0.15) is 5.76 Å². The molecule has 2 unspecified atom stereocenters. The van der Waals surface area contributed by atoms with Crippen LogP contribution in [0.3, 0.4) is 0 Å². The summed E-state index contributed by atoms with van der Waals surface area (Å²) in [6.07, 6.45) is 2.95. The Morgan fingerprint density at radius 2 is 1.75 bits per heavy atom. The lowest BCUT2D eigenvalue weighted by atomic mass is 9.79. The van der Waals surface area contributed by atoms with Crippen LogP contribution in [0.1, 0.15) is 13.8 Å². The van der Waals surface area contributed by atoms with Crippen molar-refractivity contribution in [3.8, 4) is 0 Å². The lowest BCUT2D eigenvalue weighted by Crippen LogP contribution is -2.32. The largest absolute Gasteiger partial charge is 0.534 e. The number of aliphatic imine (C=N–C) groups is 1. The van der Waals surface area contributed by atoms with Gasteiger partial charge in [-0.2, -0.15) is 21.6 Å². The summed E-state index contributed by atoms with van der Waals surface area (Å²) in [6, 6.07) is 0. The lowest BCUT2D eigenvalue weighted by Gasteiger charge is -2.33. The van der Waals surface area contributed by atoms with Crippen molar-refractivity contribution in [1.82, 2.24) is 0 Å². The van der Waals surface area contributed by atoms with Crippen LogP contribution in [0.5, 0.6) is 0 Å². The van der Waals surface area contributed by atoms with Gasteiger partial charge in [-0.25, -0.2) is 4.99 Å². The Kier molecular flexibility index (Phi) is 4.71. The van der Waals surface area contributed by atoms with Gasteiger partial charge < -0.3 is 13.7 Å². The number of methoxy groups -OCH3 is 2. The summed E-state index contributed by atoms with van der Waals surface area (Å²) >= 11 is 0. The first kappa shape index (κ1) is 18.4. The molecule has 134 valence electrons. The first-order valence-corrected chi connectivity index (χ1v) is 8.21. The van der Waals surface area contributed by atoms with E-state index in [0.29, 0.717) is 22.8 Å². The first-order chi connectivity index (χ1) is 11.0.